The molecule has 0 fully saturated rings. The fourth-order valence-electron chi connectivity index (χ4n) is 3.20. The topological polar surface area (TPSA) is 68.8 Å². The predicted molar refractivity (Wildman–Crippen MR) is 93.7 cm³/mol. The minimum atomic E-state index is -0.256. The molecule has 0 spiro atoms. The molecule has 0 saturated carbocycles. The third-order valence-corrected chi connectivity index (χ3v) is 4.50. The van der Waals surface area contributed by atoms with Crippen LogP contribution in [0.1, 0.15) is 16.7 Å². The maximum atomic E-state index is 12.4. The van der Waals surface area contributed by atoms with Gasteiger partial charge < -0.3 is 24.8 Å². The van der Waals surface area contributed by atoms with Gasteiger partial charge in [-0.3, -0.25) is 0 Å². The average molecular weight is 340 g/mol. The molecule has 6 nitrogen and oxygen atoms in total. The van der Waals surface area contributed by atoms with Crippen LogP contribution in [-0.2, 0) is 19.4 Å². The van der Waals surface area contributed by atoms with Crippen molar-refractivity contribution in [2.24, 2.45) is 0 Å². The monoisotopic (exact) mass is 340 g/mol. The zero-order valence-corrected chi connectivity index (χ0v) is 14.1. The molecule has 25 heavy (non-hydrogen) atoms. The summed E-state index contributed by atoms with van der Waals surface area (Å²) in [5.74, 6) is 2.43. The van der Waals surface area contributed by atoms with Gasteiger partial charge in [0.15, 0.2) is 0 Å². The molecular weight excluding hydrogens is 320 g/mol. The number of ether oxygens (including phenoxy) is 3. The summed E-state index contributed by atoms with van der Waals surface area (Å²) < 4.78 is 16.5. The van der Waals surface area contributed by atoms with Crippen LogP contribution < -0.4 is 24.8 Å². The number of anilines is 1. The Morgan fingerprint density at radius 1 is 1.16 bits per heavy atom. The lowest BCUT2D eigenvalue weighted by molar-refractivity contribution is 0.251. The standard InChI is InChI=1S/C19H20N2O4/c1-23-14-4-2-12(3-5-14)11-20-19(22)21-17-15-7-9-24-16(15)10-13-6-8-25-18(13)17/h2-5,10H,6-9,11H2,1H3,(H2,20,21,22). The number of hydrogen-bond donors (Lipinski definition) is 2. The van der Waals surface area contributed by atoms with Crippen LogP contribution in [0.5, 0.6) is 17.2 Å². The van der Waals surface area contributed by atoms with E-state index in [1.807, 2.05) is 30.3 Å². The average Bonchev–Trinajstić information content (AvgIpc) is 3.29. The molecule has 2 aliphatic rings. The number of carbonyl (C=O) groups excluding carboxylic acids is 1. The Labute approximate surface area is 146 Å². The Bertz CT molecular complexity index is 770. The Morgan fingerprint density at radius 3 is 2.76 bits per heavy atom. The van der Waals surface area contributed by atoms with Crippen LogP contribution in [0.15, 0.2) is 30.3 Å². The van der Waals surface area contributed by atoms with Gasteiger partial charge in [-0.05, 0) is 23.8 Å². The molecule has 4 rings (SSSR count). The van der Waals surface area contributed by atoms with Gasteiger partial charge in [0, 0.05) is 30.5 Å². The van der Waals surface area contributed by atoms with E-state index in [4.69, 9.17) is 14.2 Å². The Kier molecular flexibility index (Phi) is 4.09. The highest BCUT2D eigenvalue weighted by molar-refractivity contribution is 5.93. The number of amides is 2. The molecule has 0 unspecified atom stereocenters. The molecule has 0 saturated heterocycles. The van der Waals surface area contributed by atoms with Crippen molar-refractivity contribution in [1.82, 2.24) is 5.32 Å². The number of rotatable bonds is 4. The summed E-state index contributed by atoms with van der Waals surface area (Å²) in [6.07, 6.45) is 1.62. The number of fused-ring (bicyclic) bond motifs is 2. The van der Waals surface area contributed by atoms with Crippen molar-refractivity contribution >= 4 is 11.7 Å². The highest BCUT2D eigenvalue weighted by Crippen LogP contribution is 2.44. The number of hydrogen-bond acceptors (Lipinski definition) is 4. The first-order valence-electron chi connectivity index (χ1n) is 8.37. The second kappa shape index (κ2) is 6.55. The van der Waals surface area contributed by atoms with E-state index in [1.54, 1.807) is 7.11 Å². The van der Waals surface area contributed by atoms with Gasteiger partial charge in [-0.1, -0.05) is 12.1 Å². The molecular formula is C19H20N2O4. The largest absolute Gasteiger partial charge is 0.497 e. The minimum Gasteiger partial charge on any atom is -0.497 e. The maximum absolute atomic E-state index is 12.4. The highest BCUT2D eigenvalue weighted by Gasteiger charge is 2.27. The van der Waals surface area contributed by atoms with E-state index in [9.17, 15) is 4.79 Å². The molecule has 0 bridgehead atoms. The number of carbonyl (C=O) groups is 1. The normalized spacial score (nSPS) is 14.1. The maximum Gasteiger partial charge on any atom is 0.319 e. The van der Waals surface area contributed by atoms with E-state index in [0.717, 1.165) is 52.5 Å². The van der Waals surface area contributed by atoms with Gasteiger partial charge in [0.1, 0.15) is 17.2 Å². The van der Waals surface area contributed by atoms with Gasteiger partial charge in [-0.2, -0.15) is 0 Å². The SMILES string of the molecule is COc1ccc(CNC(=O)Nc2c3c(cc4c2OCC4)OCC3)cc1. The van der Waals surface area contributed by atoms with Crippen molar-refractivity contribution in [1.29, 1.82) is 0 Å². The summed E-state index contributed by atoms with van der Waals surface area (Å²) in [5.41, 5.74) is 3.85. The molecule has 2 aliphatic heterocycles. The summed E-state index contributed by atoms with van der Waals surface area (Å²) in [5, 5.41) is 5.84. The summed E-state index contributed by atoms with van der Waals surface area (Å²) in [7, 11) is 1.63. The van der Waals surface area contributed by atoms with Crippen molar-refractivity contribution in [3.05, 3.63) is 47.0 Å². The van der Waals surface area contributed by atoms with E-state index in [2.05, 4.69) is 10.6 Å². The molecule has 0 atom stereocenters. The van der Waals surface area contributed by atoms with Crippen LogP contribution in [-0.4, -0.2) is 26.4 Å². The zero-order valence-electron chi connectivity index (χ0n) is 14.1. The van der Waals surface area contributed by atoms with Crippen LogP contribution in [0.3, 0.4) is 0 Å². The third-order valence-electron chi connectivity index (χ3n) is 4.50. The Morgan fingerprint density at radius 2 is 1.96 bits per heavy atom. The van der Waals surface area contributed by atoms with Crippen molar-refractivity contribution in [2.75, 3.05) is 25.6 Å². The summed E-state index contributed by atoms with van der Waals surface area (Å²) >= 11 is 0. The number of methoxy groups -OCH3 is 1. The Balaban J connectivity index is 1.46. The molecule has 2 N–H and O–H groups in total. The molecule has 0 aliphatic carbocycles. The first kappa shape index (κ1) is 15.6. The number of benzene rings is 2. The van der Waals surface area contributed by atoms with Crippen LogP contribution in [0.25, 0.3) is 0 Å². The predicted octanol–water partition coefficient (Wildman–Crippen LogP) is 2.89. The van der Waals surface area contributed by atoms with E-state index in [1.165, 1.54) is 0 Å². The molecule has 2 aromatic carbocycles. The number of nitrogens with one attached hydrogen (secondary N) is 2. The summed E-state index contributed by atoms with van der Waals surface area (Å²) in [6, 6.07) is 9.37. The van der Waals surface area contributed by atoms with Crippen LogP contribution in [0.4, 0.5) is 10.5 Å². The van der Waals surface area contributed by atoms with Gasteiger partial charge in [-0.15, -0.1) is 0 Å². The van der Waals surface area contributed by atoms with Crippen LogP contribution in [0.2, 0.25) is 0 Å². The smallest absolute Gasteiger partial charge is 0.319 e. The quantitative estimate of drug-likeness (QED) is 0.898. The van der Waals surface area contributed by atoms with Crippen molar-refractivity contribution < 1.29 is 19.0 Å². The van der Waals surface area contributed by atoms with E-state index in [-0.39, 0.29) is 6.03 Å². The summed E-state index contributed by atoms with van der Waals surface area (Å²) in [4.78, 5) is 12.4. The fraction of sp³-hybridized carbons (Fsp3) is 0.316. The molecule has 2 aromatic rings. The van der Waals surface area contributed by atoms with Gasteiger partial charge in [0.2, 0.25) is 0 Å². The molecule has 6 heteroatoms. The van der Waals surface area contributed by atoms with Gasteiger partial charge in [0.25, 0.3) is 0 Å². The molecule has 130 valence electrons. The lowest BCUT2D eigenvalue weighted by Crippen LogP contribution is -2.28. The fourth-order valence-corrected chi connectivity index (χ4v) is 3.20. The minimum absolute atomic E-state index is 0.256. The second-order valence-electron chi connectivity index (χ2n) is 6.07. The Hall–Kier alpha value is -2.89. The first-order valence-corrected chi connectivity index (χ1v) is 8.37. The number of urea groups is 1. The van der Waals surface area contributed by atoms with Crippen molar-refractivity contribution in [3.63, 3.8) is 0 Å². The van der Waals surface area contributed by atoms with Crippen molar-refractivity contribution in [3.8, 4) is 17.2 Å². The van der Waals surface area contributed by atoms with Crippen LogP contribution in [0, 0.1) is 0 Å². The van der Waals surface area contributed by atoms with E-state index in [0.29, 0.717) is 19.8 Å². The van der Waals surface area contributed by atoms with Gasteiger partial charge >= 0.3 is 6.03 Å². The van der Waals surface area contributed by atoms with Gasteiger partial charge in [0.05, 0.1) is 26.0 Å². The zero-order chi connectivity index (χ0) is 17.2. The highest BCUT2D eigenvalue weighted by atomic mass is 16.5. The van der Waals surface area contributed by atoms with Crippen molar-refractivity contribution in [2.45, 2.75) is 19.4 Å². The van der Waals surface area contributed by atoms with E-state index < -0.39 is 0 Å². The lowest BCUT2D eigenvalue weighted by atomic mass is 10.0. The summed E-state index contributed by atoms with van der Waals surface area (Å²) in [6.45, 7) is 1.71. The third kappa shape index (κ3) is 3.07. The van der Waals surface area contributed by atoms with Gasteiger partial charge in [-0.25, -0.2) is 4.79 Å². The van der Waals surface area contributed by atoms with E-state index >= 15 is 0 Å². The van der Waals surface area contributed by atoms with Crippen LogP contribution >= 0.6 is 0 Å². The molecule has 2 heterocycles. The first-order chi connectivity index (χ1) is 12.2. The second-order valence-corrected chi connectivity index (χ2v) is 6.07. The molecule has 0 aromatic heterocycles. The molecule has 0 radical (unpaired) electrons. The molecule has 2 amide bonds. The lowest BCUT2D eigenvalue weighted by Gasteiger charge is -2.14.